The molecule has 2 saturated heterocycles. The molecule has 4 N–H and O–H groups in total. The summed E-state index contributed by atoms with van der Waals surface area (Å²) < 4.78 is 0. The number of hydrogen-bond donors (Lipinski definition) is 4. The molecule has 11 atom stereocenters. The van der Waals surface area contributed by atoms with Crippen LogP contribution in [0.25, 0.3) is 0 Å². The number of nitrogens with zero attached hydrogens (tertiary/aromatic N) is 8. The summed E-state index contributed by atoms with van der Waals surface area (Å²) in [4.78, 5) is 190. The zero-order valence-corrected chi connectivity index (χ0v) is 62.9. The molecule has 0 saturated carbocycles. The van der Waals surface area contributed by atoms with E-state index in [4.69, 9.17) is 0 Å². The number of benzene rings is 2. The van der Waals surface area contributed by atoms with Crippen LogP contribution in [0.4, 0.5) is 0 Å². The topological polar surface area (TPSA) is 279 Å². The van der Waals surface area contributed by atoms with Crippen LogP contribution in [0.15, 0.2) is 60.7 Å². The number of unbranched alkanes of at least 4 members (excludes halogenated alkanes) is 1. The lowest BCUT2D eigenvalue weighted by Crippen LogP contribution is -2.61. The molecule has 2 aromatic carbocycles. The van der Waals surface area contributed by atoms with E-state index in [-0.39, 0.29) is 62.2 Å². The number of carbonyl (C=O) groups excluding carboxylic acids is 12. The highest BCUT2D eigenvalue weighted by molar-refractivity contribution is 6.00. The van der Waals surface area contributed by atoms with Crippen molar-refractivity contribution in [3.8, 4) is 0 Å². The summed E-state index contributed by atoms with van der Waals surface area (Å²) in [6.45, 7) is 22.0. The Bertz CT molecular complexity index is 3030. The number of hydrogen-bond acceptors (Lipinski definition) is 12. The van der Waals surface area contributed by atoms with Gasteiger partial charge in [-0.25, -0.2) is 0 Å². The highest BCUT2D eigenvalue weighted by Gasteiger charge is 2.43. The van der Waals surface area contributed by atoms with Crippen molar-refractivity contribution in [2.45, 2.75) is 233 Å². The highest BCUT2D eigenvalue weighted by Crippen LogP contribution is 2.25. The first-order chi connectivity index (χ1) is 46.6. The van der Waals surface area contributed by atoms with Gasteiger partial charge in [-0.15, -0.1) is 0 Å². The molecule has 4 rings (SSSR count). The number of rotatable bonds is 18. The summed E-state index contributed by atoms with van der Waals surface area (Å²) in [5, 5.41) is 11.7. The van der Waals surface area contributed by atoms with Gasteiger partial charge in [-0.1, -0.05) is 156 Å². The van der Waals surface area contributed by atoms with Crippen molar-refractivity contribution in [1.29, 1.82) is 0 Å². The number of nitrogens with one attached hydrogen (secondary N) is 4. The van der Waals surface area contributed by atoms with E-state index >= 15 is 24.0 Å². The Morgan fingerprint density at radius 2 is 0.949 bits per heavy atom. The minimum Gasteiger partial charge on any atom is -0.343 e. The van der Waals surface area contributed by atoms with Crippen LogP contribution in [0.3, 0.4) is 0 Å². The molecule has 0 aliphatic carbocycles. The minimum atomic E-state index is -1.47. The van der Waals surface area contributed by atoms with Gasteiger partial charge in [0.05, 0.1) is 13.0 Å². The first-order valence-electron chi connectivity index (χ1n) is 36.0. The number of amides is 12. The lowest BCUT2D eigenvalue weighted by Gasteiger charge is -2.38. The van der Waals surface area contributed by atoms with E-state index in [1.165, 1.54) is 92.6 Å². The van der Waals surface area contributed by atoms with Crippen molar-refractivity contribution in [3.05, 3.63) is 71.8 Å². The fourth-order valence-electron chi connectivity index (χ4n) is 13.3. The summed E-state index contributed by atoms with van der Waals surface area (Å²) in [7, 11) is 10.1. The van der Waals surface area contributed by atoms with E-state index in [2.05, 4.69) is 28.2 Å². The zero-order valence-electron chi connectivity index (χ0n) is 62.9. The van der Waals surface area contributed by atoms with Crippen LogP contribution in [-0.4, -0.2) is 239 Å². The summed E-state index contributed by atoms with van der Waals surface area (Å²) in [6, 6.07) is 5.48. The largest absolute Gasteiger partial charge is 0.343 e. The maximum atomic E-state index is 15.3. The second kappa shape index (κ2) is 39.8. The molecule has 2 fully saturated rings. The molecule has 2 heterocycles. The molecule has 2 aliphatic heterocycles. The first-order valence-corrected chi connectivity index (χ1v) is 36.0. The van der Waals surface area contributed by atoms with E-state index in [1.807, 2.05) is 54.5 Å². The molecule has 2 aliphatic rings. The van der Waals surface area contributed by atoms with Crippen LogP contribution >= 0.6 is 0 Å². The lowest BCUT2D eigenvalue weighted by molar-refractivity contribution is -0.151. The average Bonchev–Trinajstić information content (AvgIpc) is 0.820. The number of likely N-dealkylation sites (tertiary alicyclic amines) is 1. The van der Waals surface area contributed by atoms with Gasteiger partial charge < -0.3 is 60.5 Å². The molecule has 552 valence electrons. The molecule has 24 nitrogen and oxygen atoms in total. The second-order valence-electron chi connectivity index (χ2n) is 29.4. The zero-order chi connectivity index (χ0) is 74.3. The van der Waals surface area contributed by atoms with Crippen LogP contribution in [0.2, 0.25) is 0 Å². The van der Waals surface area contributed by atoms with Crippen molar-refractivity contribution >= 4 is 70.9 Å². The standard InChI is InChI=1S/C75H120N12O12/c1-20-22-32-53(21-2)42-57-72(96)80(13)46-64(89)82(15)59(40-48(5)6)66(90)76-51(11)70(94)85(18)62(44-55-35-28-24-29-36-55)75(99)86(19)65(50(9)10)69(93)79-58(74(98)87-37-30-25-31-38-87)45-63(88)81(14)52(12)71(95)83(16)61(43-54-33-26-23-27-34-54)68(92)77-56(39-47(3)4)73(97)84(17)60(41-49(7)8)67(91)78-57/h23-24,26-29,33-36,47-53,56-62,65H,20-22,25,30-32,37-46H2,1-19H3,(H,76,90)(H,77,92)(H,78,91)(H,79,93)/t51-,52-,53?,56-,57-,58-,59-,60-,61-,62-,65-/m0/s1. The Morgan fingerprint density at radius 1 is 0.475 bits per heavy atom. The number of piperidine rings is 1. The lowest BCUT2D eigenvalue weighted by atomic mass is 9.91. The van der Waals surface area contributed by atoms with Crippen molar-refractivity contribution in [3.63, 3.8) is 0 Å². The molecule has 0 aromatic heterocycles. The van der Waals surface area contributed by atoms with E-state index in [9.17, 15) is 33.6 Å². The monoisotopic (exact) mass is 1380 g/mol. The van der Waals surface area contributed by atoms with Crippen LogP contribution in [0, 0.1) is 29.6 Å². The molecule has 99 heavy (non-hydrogen) atoms. The fraction of sp³-hybridized carbons (Fsp3) is 0.680. The third-order valence-corrected chi connectivity index (χ3v) is 19.6. The number of likely N-dealkylation sites (N-methyl/N-ethyl adjacent to an activating group) is 7. The molecule has 0 spiro atoms. The van der Waals surface area contributed by atoms with Crippen molar-refractivity contribution in [2.24, 2.45) is 29.6 Å². The predicted molar refractivity (Wildman–Crippen MR) is 383 cm³/mol. The quantitative estimate of drug-likeness (QED) is 0.140. The van der Waals surface area contributed by atoms with Gasteiger partial charge in [-0.05, 0) is 99.5 Å². The summed E-state index contributed by atoms with van der Waals surface area (Å²) in [6.07, 6.45) is 5.45. The van der Waals surface area contributed by atoms with Gasteiger partial charge in [0.15, 0.2) is 0 Å². The molecule has 2 aromatic rings. The summed E-state index contributed by atoms with van der Waals surface area (Å²) >= 11 is 0. The van der Waals surface area contributed by atoms with Gasteiger partial charge >= 0.3 is 0 Å². The normalized spacial score (nSPS) is 25.2. The Hall–Kier alpha value is -7.92. The van der Waals surface area contributed by atoms with Crippen LogP contribution in [0.5, 0.6) is 0 Å². The Labute approximate surface area is 590 Å². The maximum absolute atomic E-state index is 15.3. The van der Waals surface area contributed by atoms with E-state index in [1.54, 1.807) is 73.3 Å². The Balaban J connectivity index is 1.95. The smallest absolute Gasteiger partial charge is 0.246 e. The van der Waals surface area contributed by atoms with Crippen LogP contribution in [0.1, 0.15) is 171 Å². The minimum absolute atomic E-state index is 0.0160. The highest BCUT2D eigenvalue weighted by atomic mass is 16.2. The van der Waals surface area contributed by atoms with E-state index < -0.39 is 150 Å². The average molecular weight is 1380 g/mol. The Kier molecular flexibility index (Phi) is 33.5. The van der Waals surface area contributed by atoms with Crippen LogP contribution in [-0.2, 0) is 70.4 Å². The van der Waals surface area contributed by atoms with Gasteiger partial charge in [0.1, 0.15) is 60.4 Å². The van der Waals surface area contributed by atoms with Crippen molar-refractivity contribution in [2.75, 3.05) is 69.0 Å². The third kappa shape index (κ3) is 24.2. The third-order valence-electron chi connectivity index (χ3n) is 19.6. The van der Waals surface area contributed by atoms with Gasteiger partial charge in [-0.2, -0.15) is 0 Å². The summed E-state index contributed by atoms with van der Waals surface area (Å²) in [5.41, 5.74) is 1.35. The first kappa shape index (κ1) is 83.5. The van der Waals surface area contributed by atoms with E-state index in [0.717, 1.165) is 30.6 Å². The van der Waals surface area contributed by atoms with Crippen molar-refractivity contribution < 1.29 is 57.5 Å². The van der Waals surface area contributed by atoms with Gasteiger partial charge in [0.2, 0.25) is 70.9 Å². The predicted octanol–water partition coefficient (Wildman–Crippen LogP) is 5.69. The van der Waals surface area contributed by atoms with Gasteiger partial charge in [0.25, 0.3) is 0 Å². The number of carbonyl (C=O) groups is 12. The molecule has 0 radical (unpaired) electrons. The molecular weight excluding hydrogens is 1260 g/mol. The van der Waals surface area contributed by atoms with E-state index in [0.29, 0.717) is 43.5 Å². The Morgan fingerprint density at radius 3 is 1.45 bits per heavy atom. The van der Waals surface area contributed by atoms with Gasteiger partial charge in [-0.3, -0.25) is 57.5 Å². The summed E-state index contributed by atoms with van der Waals surface area (Å²) in [5.74, 6) is -8.82. The fourth-order valence-corrected chi connectivity index (χ4v) is 13.3. The van der Waals surface area contributed by atoms with Gasteiger partial charge in [0, 0.05) is 75.3 Å². The molecular formula is C75H120N12O12. The molecule has 24 heteroatoms. The SMILES string of the molecule is CCCCC(CC)C[C@@H]1NC(=O)[C@H](CC(C)C)N(C)C(=O)[C@H](CC(C)C)NC(=O)[C@H](Cc2ccccc2)N(C)C(=O)[C@H](C)N(C)C(=O)C[C@@H](C(=O)N2CCCCC2)NC(=O)[C@H](C(C)C)N(C)C(=O)[C@H](Cc2ccccc2)N(C)C(=O)[C@H](C)NC(=O)[C@H](CC(C)C)N(C)C(=O)CN(C)C1=O. The molecule has 0 bridgehead atoms. The van der Waals surface area contributed by atoms with Crippen LogP contribution < -0.4 is 21.3 Å². The second-order valence-corrected chi connectivity index (χ2v) is 29.4. The molecule has 12 amide bonds. The maximum Gasteiger partial charge on any atom is 0.246 e. The van der Waals surface area contributed by atoms with Crippen molar-refractivity contribution in [1.82, 2.24) is 60.5 Å². The molecule has 1 unspecified atom stereocenters.